The average molecular weight is 350 g/mol. The average Bonchev–Trinajstić information content (AvgIpc) is 3.03. The van der Waals surface area contributed by atoms with E-state index in [1.165, 1.54) is 11.1 Å². The highest BCUT2D eigenvalue weighted by Gasteiger charge is 2.35. The zero-order valence-electron chi connectivity index (χ0n) is 14.1. The standard InChI is InChI=1S/C18H26N2O3S/c21-24(22,20-9-8-19-10-11-23-14-17(19)13-20)12-7-16-6-5-15-3-1-2-4-18(15)16/h1-4,16-17H,5-14H2. The van der Waals surface area contributed by atoms with E-state index in [1.807, 2.05) is 0 Å². The molecule has 1 aromatic rings. The summed E-state index contributed by atoms with van der Waals surface area (Å²) < 4.78 is 32.8. The maximum absolute atomic E-state index is 12.8. The van der Waals surface area contributed by atoms with Gasteiger partial charge in [-0.05, 0) is 36.3 Å². The summed E-state index contributed by atoms with van der Waals surface area (Å²) in [4.78, 5) is 2.36. The molecule has 0 saturated carbocycles. The van der Waals surface area contributed by atoms with Crippen LogP contribution >= 0.6 is 0 Å². The molecule has 6 heteroatoms. The third kappa shape index (κ3) is 3.25. The normalized spacial score (nSPS) is 28.5. The second kappa shape index (κ2) is 6.75. The SMILES string of the molecule is O=S(=O)(CCC1CCc2ccccc21)N1CCN2CCOCC2C1. The summed E-state index contributed by atoms with van der Waals surface area (Å²) in [6.07, 6.45) is 2.90. The second-order valence-electron chi connectivity index (χ2n) is 7.16. The monoisotopic (exact) mass is 350 g/mol. The molecule has 1 aromatic carbocycles. The number of hydrogen-bond acceptors (Lipinski definition) is 4. The number of aryl methyl sites for hydroxylation is 1. The van der Waals surface area contributed by atoms with Crippen LogP contribution in [0.3, 0.4) is 0 Å². The van der Waals surface area contributed by atoms with Crippen molar-refractivity contribution in [3.05, 3.63) is 35.4 Å². The van der Waals surface area contributed by atoms with Crippen molar-refractivity contribution in [1.82, 2.24) is 9.21 Å². The number of piperazine rings is 1. The molecule has 24 heavy (non-hydrogen) atoms. The Hall–Kier alpha value is -0.950. The minimum absolute atomic E-state index is 0.231. The topological polar surface area (TPSA) is 49.9 Å². The lowest BCUT2D eigenvalue weighted by Crippen LogP contribution is -2.59. The number of morpholine rings is 1. The Morgan fingerprint density at radius 1 is 1.17 bits per heavy atom. The minimum Gasteiger partial charge on any atom is -0.378 e. The van der Waals surface area contributed by atoms with Crippen LogP contribution in [0.1, 0.15) is 29.9 Å². The van der Waals surface area contributed by atoms with Crippen LogP contribution in [-0.2, 0) is 21.2 Å². The first-order valence-electron chi connectivity index (χ1n) is 9.01. The molecule has 0 radical (unpaired) electrons. The molecule has 0 aromatic heterocycles. The fraction of sp³-hybridized carbons (Fsp3) is 0.667. The molecule has 0 bridgehead atoms. The van der Waals surface area contributed by atoms with Gasteiger partial charge >= 0.3 is 0 Å². The van der Waals surface area contributed by atoms with Crippen LogP contribution in [0, 0.1) is 0 Å². The maximum atomic E-state index is 12.8. The first-order chi connectivity index (χ1) is 11.6. The first-order valence-corrected chi connectivity index (χ1v) is 10.6. The number of nitrogens with zero attached hydrogens (tertiary/aromatic N) is 2. The molecular weight excluding hydrogens is 324 g/mol. The molecule has 2 fully saturated rings. The van der Waals surface area contributed by atoms with Crippen LogP contribution in [0.5, 0.6) is 0 Å². The fourth-order valence-corrected chi connectivity index (χ4v) is 5.94. The zero-order chi connectivity index (χ0) is 16.6. The lowest BCUT2D eigenvalue weighted by Gasteiger charge is -2.43. The van der Waals surface area contributed by atoms with E-state index < -0.39 is 10.0 Å². The lowest BCUT2D eigenvalue weighted by molar-refractivity contribution is -0.0304. The number of fused-ring (bicyclic) bond motifs is 2. The number of ether oxygens (including phenoxy) is 1. The second-order valence-corrected chi connectivity index (χ2v) is 9.25. The summed E-state index contributed by atoms with van der Waals surface area (Å²) in [5, 5.41) is 0. The van der Waals surface area contributed by atoms with E-state index in [0.29, 0.717) is 25.6 Å². The predicted molar refractivity (Wildman–Crippen MR) is 93.7 cm³/mol. The van der Waals surface area contributed by atoms with E-state index in [0.717, 1.165) is 39.0 Å². The van der Waals surface area contributed by atoms with Crippen molar-refractivity contribution in [2.45, 2.75) is 31.2 Å². The van der Waals surface area contributed by atoms with E-state index in [4.69, 9.17) is 4.74 Å². The number of hydrogen-bond donors (Lipinski definition) is 0. The Labute approximate surface area is 144 Å². The van der Waals surface area contributed by atoms with E-state index >= 15 is 0 Å². The van der Waals surface area contributed by atoms with Gasteiger partial charge in [0.1, 0.15) is 0 Å². The highest BCUT2D eigenvalue weighted by atomic mass is 32.2. The largest absolute Gasteiger partial charge is 0.378 e. The van der Waals surface area contributed by atoms with Crippen molar-refractivity contribution < 1.29 is 13.2 Å². The summed E-state index contributed by atoms with van der Waals surface area (Å²) in [5.41, 5.74) is 2.76. The maximum Gasteiger partial charge on any atom is 0.214 e. The number of sulfonamides is 1. The van der Waals surface area contributed by atoms with Gasteiger partial charge in [-0.25, -0.2) is 8.42 Å². The van der Waals surface area contributed by atoms with Crippen molar-refractivity contribution in [3.63, 3.8) is 0 Å². The Bertz CT molecular complexity index is 691. The molecule has 1 aliphatic carbocycles. The van der Waals surface area contributed by atoms with Gasteiger partial charge in [-0.2, -0.15) is 4.31 Å². The molecule has 5 nitrogen and oxygen atoms in total. The molecule has 2 heterocycles. The van der Waals surface area contributed by atoms with Crippen molar-refractivity contribution >= 4 is 10.0 Å². The summed E-state index contributed by atoms with van der Waals surface area (Å²) in [6, 6.07) is 8.70. The van der Waals surface area contributed by atoms with Crippen molar-refractivity contribution in [1.29, 1.82) is 0 Å². The summed E-state index contributed by atoms with van der Waals surface area (Å²) >= 11 is 0. The third-order valence-corrected chi connectivity index (χ3v) is 7.65. The molecule has 132 valence electrons. The Balaban J connectivity index is 1.38. The number of benzene rings is 1. The van der Waals surface area contributed by atoms with Gasteiger partial charge in [0.2, 0.25) is 10.0 Å². The summed E-state index contributed by atoms with van der Waals surface area (Å²) in [5.74, 6) is 0.662. The van der Waals surface area contributed by atoms with Gasteiger partial charge in [-0.15, -0.1) is 0 Å². The van der Waals surface area contributed by atoms with Gasteiger partial charge < -0.3 is 4.74 Å². The molecule has 2 saturated heterocycles. The van der Waals surface area contributed by atoms with Crippen LogP contribution in [0.15, 0.2) is 24.3 Å². The summed E-state index contributed by atoms with van der Waals surface area (Å²) in [6.45, 7) is 4.40. The molecule has 3 aliphatic rings. The minimum atomic E-state index is -3.17. The van der Waals surface area contributed by atoms with E-state index in [2.05, 4.69) is 29.2 Å². The van der Waals surface area contributed by atoms with Crippen molar-refractivity contribution in [3.8, 4) is 0 Å². The van der Waals surface area contributed by atoms with Crippen LogP contribution < -0.4 is 0 Å². The highest BCUT2D eigenvalue weighted by molar-refractivity contribution is 7.89. The van der Waals surface area contributed by atoms with Gasteiger partial charge in [0, 0.05) is 32.2 Å². The third-order valence-electron chi connectivity index (χ3n) is 5.78. The Morgan fingerprint density at radius 2 is 2.04 bits per heavy atom. The van der Waals surface area contributed by atoms with Gasteiger partial charge in [0.15, 0.2) is 0 Å². The number of rotatable bonds is 4. The molecule has 0 N–H and O–H groups in total. The molecule has 2 aliphatic heterocycles. The smallest absolute Gasteiger partial charge is 0.214 e. The first kappa shape index (κ1) is 16.5. The van der Waals surface area contributed by atoms with E-state index in [1.54, 1.807) is 4.31 Å². The van der Waals surface area contributed by atoms with Gasteiger partial charge in [0.25, 0.3) is 0 Å². The van der Waals surface area contributed by atoms with Crippen molar-refractivity contribution in [2.24, 2.45) is 0 Å². The van der Waals surface area contributed by atoms with E-state index in [-0.39, 0.29) is 11.8 Å². The molecule has 4 rings (SSSR count). The Morgan fingerprint density at radius 3 is 2.96 bits per heavy atom. The zero-order valence-corrected chi connectivity index (χ0v) is 14.9. The predicted octanol–water partition coefficient (Wildman–Crippen LogP) is 1.45. The van der Waals surface area contributed by atoms with E-state index in [9.17, 15) is 8.42 Å². The molecular formula is C18H26N2O3S. The summed E-state index contributed by atoms with van der Waals surface area (Å²) in [7, 11) is -3.17. The molecule has 2 unspecified atom stereocenters. The molecule has 0 spiro atoms. The Kier molecular flexibility index (Phi) is 4.64. The quantitative estimate of drug-likeness (QED) is 0.825. The van der Waals surface area contributed by atoms with Crippen LogP contribution in [0.4, 0.5) is 0 Å². The molecule has 0 amide bonds. The van der Waals surface area contributed by atoms with Gasteiger partial charge in [-0.3, -0.25) is 4.90 Å². The van der Waals surface area contributed by atoms with Crippen molar-refractivity contribution in [2.75, 3.05) is 45.1 Å². The van der Waals surface area contributed by atoms with Gasteiger partial charge in [0.05, 0.1) is 19.0 Å². The van der Waals surface area contributed by atoms with Crippen LogP contribution in [0.2, 0.25) is 0 Å². The highest BCUT2D eigenvalue weighted by Crippen LogP contribution is 2.35. The lowest BCUT2D eigenvalue weighted by atomic mass is 9.99. The molecule has 2 atom stereocenters. The van der Waals surface area contributed by atoms with Crippen LogP contribution in [0.25, 0.3) is 0 Å². The van der Waals surface area contributed by atoms with Gasteiger partial charge in [-0.1, -0.05) is 24.3 Å². The van der Waals surface area contributed by atoms with Crippen LogP contribution in [-0.4, -0.2) is 68.8 Å². The fourth-order valence-electron chi connectivity index (χ4n) is 4.34.